The Morgan fingerprint density at radius 2 is 1.78 bits per heavy atom. The maximum absolute atomic E-state index is 12.6. The molecule has 152 valence electrons. The SMILES string of the molecule is CC(C)CC(CNC(=O)N(C)Cc1ccc(N(C)C)cc1)N1CCOCC1. The van der Waals surface area contributed by atoms with Gasteiger partial charge in [0.05, 0.1) is 13.2 Å². The highest BCUT2D eigenvalue weighted by atomic mass is 16.5. The molecule has 0 aromatic heterocycles. The van der Waals surface area contributed by atoms with Gasteiger partial charge in [-0.1, -0.05) is 26.0 Å². The van der Waals surface area contributed by atoms with E-state index in [0.717, 1.165) is 44.0 Å². The molecule has 1 heterocycles. The van der Waals surface area contributed by atoms with Gasteiger partial charge in [0.2, 0.25) is 0 Å². The first kappa shape index (κ1) is 21.5. The predicted molar refractivity (Wildman–Crippen MR) is 111 cm³/mol. The van der Waals surface area contributed by atoms with Crippen LogP contribution in [-0.2, 0) is 11.3 Å². The molecule has 27 heavy (non-hydrogen) atoms. The maximum Gasteiger partial charge on any atom is 0.317 e. The summed E-state index contributed by atoms with van der Waals surface area (Å²) in [4.78, 5) is 18.8. The highest BCUT2D eigenvalue weighted by Crippen LogP contribution is 2.15. The van der Waals surface area contributed by atoms with E-state index >= 15 is 0 Å². The van der Waals surface area contributed by atoms with Gasteiger partial charge in [0.15, 0.2) is 0 Å². The van der Waals surface area contributed by atoms with Crippen LogP contribution in [0.2, 0.25) is 0 Å². The summed E-state index contributed by atoms with van der Waals surface area (Å²) in [6.07, 6.45) is 1.08. The second-order valence-corrected chi connectivity index (χ2v) is 8.03. The van der Waals surface area contributed by atoms with Crippen LogP contribution in [0.25, 0.3) is 0 Å². The maximum atomic E-state index is 12.6. The molecule has 0 spiro atoms. The Morgan fingerprint density at radius 3 is 2.33 bits per heavy atom. The Morgan fingerprint density at radius 1 is 1.15 bits per heavy atom. The molecule has 2 amide bonds. The Bertz CT molecular complexity index is 568. The normalized spacial score (nSPS) is 16.2. The number of ether oxygens (including phenoxy) is 1. The van der Waals surface area contributed by atoms with E-state index in [1.165, 1.54) is 0 Å². The van der Waals surface area contributed by atoms with Gasteiger partial charge in [-0.15, -0.1) is 0 Å². The van der Waals surface area contributed by atoms with Crippen LogP contribution in [0.4, 0.5) is 10.5 Å². The highest BCUT2D eigenvalue weighted by Gasteiger charge is 2.23. The van der Waals surface area contributed by atoms with E-state index < -0.39 is 0 Å². The summed E-state index contributed by atoms with van der Waals surface area (Å²) in [5.74, 6) is 0.600. The molecule has 1 fully saturated rings. The Hall–Kier alpha value is -1.79. The number of morpholine rings is 1. The lowest BCUT2D eigenvalue weighted by Gasteiger charge is -2.35. The molecule has 1 aliphatic heterocycles. The van der Waals surface area contributed by atoms with Crippen LogP contribution in [0.3, 0.4) is 0 Å². The molecule has 2 rings (SSSR count). The third-order valence-electron chi connectivity index (χ3n) is 5.01. The fourth-order valence-electron chi connectivity index (χ4n) is 3.43. The molecule has 1 N–H and O–H groups in total. The largest absolute Gasteiger partial charge is 0.379 e. The zero-order valence-corrected chi connectivity index (χ0v) is 17.6. The van der Waals surface area contributed by atoms with Crippen LogP contribution in [0, 0.1) is 5.92 Å². The van der Waals surface area contributed by atoms with Crippen molar-refractivity contribution in [3.63, 3.8) is 0 Å². The summed E-state index contributed by atoms with van der Waals surface area (Å²) in [6, 6.07) is 8.67. The van der Waals surface area contributed by atoms with Gasteiger partial charge in [-0.3, -0.25) is 4.90 Å². The first-order chi connectivity index (χ1) is 12.9. The zero-order chi connectivity index (χ0) is 19.8. The standard InChI is InChI=1S/C21H36N4O2/c1-17(2)14-20(25-10-12-27-13-11-25)15-22-21(26)24(5)16-18-6-8-19(9-7-18)23(3)4/h6-9,17,20H,10-16H2,1-5H3,(H,22,26). The van der Waals surface area contributed by atoms with Gasteiger partial charge in [0, 0.05) is 59.1 Å². The monoisotopic (exact) mass is 376 g/mol. The molecule has 1 saturated heterocycles. The van der Waals surface area contributed by atoms with Crippen LogP contribution in [0.1, 0.15) is 25.8 Å². The van der Waals surface area contributed by atoms with Crippen molar-refractivity contribution in [3.05, 3.63) is 29.8 Å². The van der Waals surface area contributed by atoms with Crippen LogP contribution in [0.5, 0.6) is 0 Å². The quantitative estimate of drug-likeness (QED) is 0.758. The summed E-state index contributed by atoms with van der Waals surface area (Å²) in [5, 5.41) is 3.13. The summed E-state index contributed by atoms with van der Waals surface area (Å²) < 4.78 is 5.47. The fourth-order valence-corrected chi connectivity index (χ4v) is 3.43. The lowest BCUT2D eigenvalue weighted by molar-refractivity contribution is 0.0127. The van der Waals surface area contributed by atoms with Crippen molar-refractivity contribution in [3.8, 4) is 0 Å². The number of benzene rings is 1. The third-order valence-corrected chi connectivity index (χ3v) is 5.01. The van der Waals surface area contributed by atoms with Crippen LogP contribution in [-0.4, -0.2) is 75.9 Å². The first-order valence-electron chi connectivity index (χ1n) is 9.94. The molecule has 0 aliphatic carbocycles. The van der Waals surface area contributed by atoms with E-state index in [4.69, 9.17) is 4.74 Å². The van der Waals surface area contributed by atoms with Gasteiger partial charge in [0.25, 0.3) is 0 Å². The molecule has 0 bridgehead atoms. The smallest absolute Gasteiger partial charge is 0.317 e. The molecule has 0 saturated carbocycles. The number of rotatable bonds is 8. The van der Waals surface area contributed by atoms with Crippen molar-refractivity contribution in [2.24, 2.45) is 5.92 Å². The lowest BCUT2D eigenvalue weighted by Crippen LogP contribution is -2.50. The molecule has 1 atom stereocenters. The molecule has 6 nitrogen and oxygen atoms in total. The number of nitrogens with one attached hydrogen (secondary N) is 1. The van der Waals surface area contributed by atoms with E-state index in [1.807, 2.05) is 21.1 Å². The Balaban J connectivity index is 1.85. The fraction of sp³-hybridized carbons (Fsp3) is 0.667. The average molecular weight is 377 g/mol. The van der Waals surface area contributed by atoms with Crippen molar-refractivity contribution < 1.29 is 9.53 Å². The number of nitrogens with zero attached hydrogens (tertiary/aromatic N) is 3. The average Bonchev–Trinajstić information content (AvgIpc) is 2.65. The van der Waals surface area contributed by atoms with Crippen LogP contribution >= 0.6 is 0 Å². The van der Waals surface area contributed by atoms with Crippen molar-refractivity contribution in [1.82, 2.24) is 15.1 Å². The zero-order valence-electron chi connectivity index (χ0n) is 17.6. The summed E-state index contributed by atoms with van der Waals surface area (Å²) in [6.45, 7) is 9.21. The number of amides is 2. The van der Waals surface area contributed by atoms with Crippen LogP contribution < -0.4 is 10.2 Å². The minimum atomic E-state index is -0.0197. The first-order valence-corrected chi connectivity index (χ1v) is 9.94. The molecule has 0 radical (unpaired) electrons. The second-order valence-electron chi connectivity index (χ2n) is 8.03. The highest BCUT2D eigenvalue weighted by molar-refractivity contribution is 5.73. The number of anilines is 1. The predicted octanol–water partition coefficient (Wildman–Crippen LogP) is 2.64. The van der Waals surface area contributed by atoms with Gasteiger partial charge >= 0.3 is 6.03 Å². The number of carbonyl (C=O) groups is 1. The molecule has 1 aromatic carbocycles. The molecule has 6 heteroatoms. The second kappa shape index (κ2) is 10.5. The van der Waals surface area contributed by atoms with Gasteiger partial charge in [-0.2, -0.15) is 0 Å². The summed E-state index contributed by atoms with van der Waals surface area (Å²) in [5.41, 5.74) is 2.29. The lowest BCUT2D eigenvalue weighted by atomic mass is 10.0. The van der Waals surface area contributed by atoms with Crippen LogP contribution in [0.15, 0.2) is 24.3 Å². The van der Waals surface area contributed by atoms with Crippen molar-refractivity contribution in [2.45, 2.75) is 32.9 Å². The number of carbonyl (C=O) groups excluding carboxylic acids is 1. The van der Waals surface area contributed by atoms with Gasteiger partial charge in [-0.05, 0) is 30.0 Å². The number of urea groups is 1. The minimum absolute atomic E-state index is 0.0197. The van der Waals surface area contributed by atoms with Crippen molar-refractivity contribution >= 4 is 11.7 Å². The van der Waals surface area contributed by atoms with Crippen molar-refractivity contribution in [1.29, 1.82) is 0 Å². The van der Waals surface area contributed by atoms with Gasteiger partial charge in [0.1, 0.15) is 0 Å². The Kier molecular flexibility index (Phi) is 8.38. The molecule has 1 unspecified atom stereocenters. The van der Waals surface area contributed by atoms with E-state index in [-0.39, 0.29) is 6.03 Å². The summed E-state index contributed by atoms with van der Waals surface area (Å²) in [7, 11) is 5.90. The number of hydrogen-bond donors (Lipinski definition) is 1. The molecule has 1 aromatic rings. The van der Waals surface area contributed by atoms with E-state index in [2.05, 4.69) is 53.2 Å². The number of hydrogen-bond acceptors (Lipinski definition) is 4. The van der Waals surface area contributed by atoms with E-state index in [1.54, 1.807) is 4.90 Å². The van der Waals surface area contributed by atoms with E-state index in [0.29, 0.717) is 25.0 Å². The molecular formula is C21H36N4O2. The Labute approximate surface area is 164 Å². The summed E-state index contributed by atoms with van der Waals surface area (Å²) >= 11 is 0. The molecule has 1 aliphatic rings. The topological polar surface area (TPSA) is 48.1 Å². The van der Waals surface area contributed by atoms with Gasteiger partial charge in [-0.25, -0.2) is 4.79 Å². The van der Waals surface area contributed by atoms with Gasteiger partial charge < -0.3 is 19.9 Å². The minimum Gasteiger partial charge on any atom is -0.379 e. The third kappa shape index (κ3) is 7.03. The van der Waals surface area contributed by atoms with Crippen molar-refractivity contribution in [2.75, 3.05) is 58.9 Å². The molecular weight excluding hydrogens is 340 g/mol. The van der Waals surface area contributed by atoms with E-state index in [9.17, 15) is 4.79 Å².